The first-order chi connectivity index (χ1) is 12.0. The van der Waals surface area contributed by atoms with Gasteiger partial charge in [0.1, 0.15) is 5.54 Å². The molecule has 0 saturated carbocycles. The Morgan fingerprint density at radius 2 is 1.85 bits per heavy atom. The maximum Gasteiger partial charge on any atom is 0.252 e. The second-order valence-corrected chi connectivity index (χ2v) is 7.40. The van der Waals surface area contributed by atoms with E-state index in [0.717, 1.165) is 18.4 Å². The van der Waals surface area contributed by atoms with Crippen LogP contribution in [0.4, 0.5) is 0 Å². The topological polar surface area (TPSA) is 75.4 Å². The van der Waals surface area contributed by atoms with Crippen molar-refractivity contribution in [3.05, 3.63) is 58.3 Å². The minimum atomic E-state index is -1.03. The van der Waals surface area contributed by atoms with Crippen molar-refractivity contribution >= 4 is 35.6 Å². The Bertz CT molecular complexity index is 727. The molecule has 1 aliphatic heterocycles. The lowest BCUT2D eigenvalue weighted by molar-refractivity contribution is -0.137. The van der Waals surface area contributed by atoms with Gasteiger partial charge in [-0.1, -0.05) is 30.3 Å². The lowest BCUT2D eigenvalue weighted by Gasteiger charge is -2.37. The van der Waals surface area contributed by atoms with Crippen LogP contribution in [-0.4, -0.2) is 35.8 Å². The largest absolute Gasteiger partial charge is 0.349 e. The third-order valence-corrected chi connectivity index (χ3v) is 5.40. The van der Waals surface area contributed by atoms with Gasteiger partial charge in [-0.2, -0.15) is 11.3 Å². The fourth-order valence-electron chi connectivity index (χ4n) is 3.13. The lowest BCUT2D eigenvalue weighted by Crippen LogP contribution is -2.55. The van der Waals surface area contributed by atoms with Gasteiger partial charge in [0.2, 0.25) is 5.91 Å². The zero-order valence-corrected chi connectivity index (χ0v) is 16.3. The Hall–Kier alpha value is -1.89. The van der Waals surface area contributed by atoms with Crippen molar-refractivity contribution in [1.82, 2.24) is 10.2 Å². The fourth-order valence-corrected chi connectivity index (χ4v) is 3.76. The molecule has 3 rings (SSSR count). The highest BCUT2D eigenvalue weighted by molar-refractivity contribution is 7.08. The van der Waals surface area contributed by atoms with Crippen molar-refractivity contribution in [2.24, 2.45) is 5.73 Å². The van der Waals surface area contributed by atoms with Gasteiger partial charge >= 0.3 is 0 Å². The fraction of sp³-hybridized carbons (Fsp3) is 0.368. The van der Waals surface area contributed by atoms with Gasteiger partial charge in [0, 0.05) is 30.1 Å². The Kier molecular flexibility index (Phi) is 6.81. The SMILES string of the molecule is CC(N)(C(=O)N1CCC(NC(=O)c2ccsc2)CC1)c1ccccc1.Cl. The third-order valence-electron chi connectivity index (χ3n) is 4.72. The van der Waals surface area contributed by atoms with Crippen LogP contribution in [-0.2, 0) is 10.3 Å². The predicted octanol–water partition coefficient (Wildman–Crippen LogP) is 2.76. The van der Waals surface area contributed by atoms with Gasteiger partial charge in [-0.05, 0) is 36.8 Å². The molecule has 1 saturated heterocycles. The smallest absolute Gasteiger partial charge is 0.252 e. The summed E-state index contributed by atoms with van der Waals surface area (Å²) in [6, 6.07) is 11.4. The van der Waals surface area contributed by atoms with E-state index in [-0.39, 0.29) is 30.3 Å². The number of nitrogens with two attached hydrogens (primary N) is 1. The summed E-state index contributed by atoms with van der Waals surface area (Å²) in [5.41, 5.74) is 6.81. The molecule has 0 bridgehead atoms. The molecular formula is C19H24ClN3O2S. The first kappa shape index (κ1) is 20.4. The normalized spacial score (nSPS) is 17.1. The van der Waals surface area contributed by atoms with Gasteiger partial charge in [0.25, 0.3) is 5.91 Å². The summed E-state index contributed by atoms with van der Waals surface area (Å²) < 4.78 is 0. The molecule has 1 fully saturated rings. The van der Waals surface area contributed by atoms with Crippen molar-refractivity contribution in [3.8, 4) is 0 Å². The Morgan fingerprint density at radius 1 is 1.19 bits per heavy atom. The molecule has 1 unspecified atom stereocenters. The minimum Gasteiger partial charge on any atom is -0.349 e. The van der Waals surface area contributed by atoms with E-state index >= 15 is 0 Å². The first-order valence-corrected chi connectivity index (χ1v) is 9.39. The maximum absolute atomic E-state index is 12.9. The number of likely N-dealkylation sites (tertiary alicyclic amines) is 1. The second-order valence-electron chi connectivity index (χ2n) is 6.62. The Morgan fingerprint density at radius 3 is 2.42 bits per heavy atom. The van der Waals surface area contributed by atoms with Gasteiger partial charge in [0.15, 0.2) is 0 Å². The molecule has 5 nitrogen and oxygen atoms in total. The van der Waals surface area contributed by atoms with E-state index in [2.05, 4.69) is 5.32 Å². The predicted molar refractivity (Wildman–Crippen MR) is 107 cm³/mol. The molecule has 1 aliphatic rings. The van der Waals surface area contributed by atoms with Crippen LogP contribution in [0, 0.1) is 0 Å². The summed E-state index contributed by atoms with van der Waals surface area (Å²) in [7, 11) is 0. The van der Waals surface area contributed by atoms with E-state index in [4.69, 9.17) is 5.73 Å². The molecule has 140 valence electrons. The van der Waals surface area contributed by atoms with Crippen LogP contribution in [0.5, 0.6) is 0 Å². The van der Waals surface area contributed by atoms with Gasteiger partial charge < -0.3 is 16.0 Å². The standard InChI is InChI=1S/C19H23N3O2S.ClH/c1-19(20,15-5-3-2-4-6-15)18(24)22-10-7-16(8-11-22)21-17(23)14-9-12-25-13-14;/h2-6,9,12-13,16H,7-8,10-11,20H2,1H3,(H,21,23);1H. The zero-order valence-electron chi connectivity index (χ0n) is 14.7. The molecule has 7 heteroatoms. The number of amides is 2. The highest BCUT2D eigenvalue weighted by Crippen LogP contribution is 2.23. The summed E-state index contributed by atoms with van der Waals surface area (Å²) in [5, 5.41) is 6.78. The quantitative estimate of drug-likeness (QED) is 0.838. The number of hydrogen-bond acceptors (Lipinski definition) is 4. The summed E-state index contributed by atoms with van der Waals surface area (Å²) in [5.74, 6) is -0.111. The molecule has 1 aromatic carbocycles. The molecule has 0 radical (unpaired) electrons. The number of carbonyl (C=O) groups excluding carboxylic acids is 2. The number of thiophene rings is 1. The van der Waals surface area contributed by atoms with E-state index in [1.807, 2.05) is 47.2 Å². The first-order valence-electron chi connectivity index (χ1n) is 8.45. The summed E-state index contributed by atoms with van der Waals surface area (Å²) in [6.45, 7) is 2.97. The summed E-state index contributed by atoms with van der Waals surface area (Å²) >= 11 is 1.51. The third kappa shape index (κ3) is 4.44. The van der Waals surface area contributed by atoms with Crippen LogP contribution < -0.4 is 11.1 Å². The molecule has 0 spiro atoms. The molecule has 2 amide bonds. The lowest BCUT2D eigenvalue weighted by atomic mass is 9.90. The van der Waals surface area contributed by atoms with Crippen LogP contribution >= 0.6 is 23.7 Å². The Labute approximate surface area is 164 Å². The van der Waals surface area contributed by atoms with Crippen molar-refractivity contribution in [2.75, 3.05) is 13.1 Å². The number of rotatable bonds is 4. The van der Waals surface area contributed by atoms with Gasteiger partial charge in [-0.15, -0.1) is 12.4 Å². The molecule has 1 atom stereocenters. The number of halogens is 1. The number of hydrogen-bond donors (Lipinski definition) is 2. The van der Waals surface area contributed by atoms with E-state index < -0.39 is 5.54 Å². The highest BCUT2D eigenvalue weighted by atomic mass is 35.5. The van der Waals surface area contributed by atoms with E-state index in [1.54, 1.807) is 11.8 Å². The number of nitrogens with zero attached hydrogens (tertiary/aromatic N) is 1. The van der Waals surface area contributed by atoms with Crippen LogP contribution in [0.25, 0.3) is 0 Å². The van der Waals surface area contributed by atoms with Crippen LogP contribution in [0.15, 0.2) is 47.2 Å². The van der Waals surface area contributed by atoms with Crippen LogP contribution in [0.1, 0.15) is 35.7 Å². The van der Waals surface area contributed by atoms with Crippen LogP contribution in [0.3, 0.4) is 0 Å². The molecular weight excluding hydrogens is 370 g/mol. The summed E-state index contributed by atoms with van der Waals surface area (Å²) in [4.78, 5) is 26.8. The van der Waals surface area contributed by atoms with E-state index in [0.29, 0.717) is 18.7 Å². The summed E-state index contributed by atoms with van der Waals surface area (Å²) in [6.07, 6.45) is 1.49. The van der Waals surface area contributed by atoms with Crippen molar-refractivity contribution < 1.29 is 9.59 Å². The second kappa shape index (κ2) is 8.66. The molecule has 1 aromatic heterocycles. The van der Waals surface area contributed by atoms with Crippen molar-refractivity contribution in [2.45, 2.75) is 31.3 Å². The minimum absolute atomic E-state index is 0. The van der Waals surface area contributed by atoms with E-state index in [1.165, 1.54) is 11.3 Å². The van der Waals surface area contributed by atoms with Crippen molar-refractivity contribution in [1.29, 1.82) is 0 Å². The molecule has 26 heavy (non-hydrogen) atoms. The molecule has 2 heterocycles. The number of carbonyl (C=O) groups is 2. The maximum atomic E-state index is 12.9. The number of benzene rings is 1. The monoisotopic (exact) mass is 393 g/mol. The van der Waals surface area contributed by atoms with E-state index in [9.17, 15) is 9.59 Å². The van der Waals surface area contributed by atoms with Gasteiger partial charge in [-0.3, -0.25) is 9.59 Å². The Balaban J connectivity index is 0.00000243. The van der Waals surface area contributed by atoms with Crippen molar-refractivity contribution in [3.63, 3.8) is 0 Å². The van der Waals surface area contributed by atoms with Crippen LogP contribution in [0.2, 0.25) is 0 Å². The number of piperidine rings is 1. The molecule has 3 N–H and O–H groups in total. The van der Waals surface area contributed by atoms with Gasteiger partial charge in [-0.25, -0.2) is 0 Å². The highest BCUT2D eigenvalue weighted by Gasteiger charge is 2.36. The molecule has 2 aromatic rings. The average Bonchev–Trinajstić information content (AvgIpc) is 3.17. The van der Waals surface area contributed by atoms with Gasteiger partial charge in [0.05, 0.1) is 0 Å². The molecule has 0 aliphatic carbocycles. The zero-order chi connectivity index (χ0) is 17.9. The average molecular weight is 394 g/mol. The number of nitrogens with one attached hydrogen (secondary N) is 1.